The van der Waals surface area contributed by atoms with E-state index >= 15 is 0 Å². The van der Waals surface area contributed by atoms with Crippen LogP contribution in [0.3, 0.4) is 0 Å². The van der Waals surface area contributed by atoms with Crippen LogP contribution in [0.25, 0.3) is 47.7 Å². The van der Waals surface area contributed by atoms with Crippen LogP contribution in [0, 0.1) is 0 Å². The molecule has 41 heavy (non-hydrogen) atoms. The molecular weight excluding hydrogens is 516 g/mol. The van der Waals surface area contributed by atoms with E-state index in [2.05, 4.69) is 144 Å². The maximum absolute atomic E-state index is 2.46. The number of rotatable bonds is 5. The molecule has 0 saturated carbocycles. The summed E-state index contributed by atoms with van der Waals surface area (Å²) in [5.41, 5.74) is 8.99. The molecule has 5 aromatic carbocycles. The summed E-state index contributed by atoms with van der Waals surface area (Å²) in [5.74, 6) is 0. The van der Waals surface area contributed by atoms with Gasteiger partial charge in [-0.15, -0.1) is 11.3 Å². The minimum Gasteiger partial charge on any atom is -0.337 e. The van der Waals surface area contributed by atoms with E-state index in [-0.39, 0.29) is 0 Å². The van der Waals surface area contributed by atoms with Crippen molar-refractivity contribution in [3.8, 4) is 5.69 Å². The first-order chi connectivity index (χ1) is 20.2. The lowest BCUT2D eigenvalue weighted by Crippen LogP contribution is -2.23. The van der Waals surface area contributed by atoms with E-state index in [1.165, 1.54) is 70.2 Å². The van der Waals surface area contributed by atoms with Crippen molar-refractivity contribution in [2.24, 2.45) is 0 Å². The molecule has 198 valence electrons. The first-order valence-corrected chi connectivity index (χ1v) is 15.2. The van der Waals surface area contributed by atoms with Crippen LogP contribution in [0.15, 0.2) is 139 Å². The third kappa shape index (κ3) is 4.08. The Hall–Kier alpha value is -4.60. The summed E-state index contributed by atoms with van der Waals surface area (Å²) in [6.07, 6.45) is 6.85. The van der Waals surface area contributed by atoms with E-state index in [0.29, 0.717) is 0 Å². The van der Waals surface area contributed by atoms with Gasteiger partial charge in [-0.2, -0.15) is 0 Å². The van der Waals surface area contributed by atoms with Crippen LogP contribution >= 0.6 is 11.3 Å². The van der Waals surface area contributed by atoms with Crippen molar-refractivity contribution in [2.75, 3.05) is 4.90 Å². The van der Waals surface area contributed by atoms with Crippen LogP contribution in [0.2, 0.25) is 0 Å². The zero-order valence-corrected chi connectivity index (χ0v) is 23.9. The molecular formula is C38H30N2S. The van der Waals surface area contributed by atoms with Crippen LogP contribution < -0.4 is 4.90 Å². The van der Waals surface area contributed by atoms with Crippen molar-refractivity contribution >= 4 is 59.0 Å². The molecule has 8 rings (SSSR count). The molecule has 0 bridgehead atoms. The molecule has 0 unspecified atom stereocenters. The zero-order chi connectivity index (χ0) is 27.3. The van der Waals surface area contributed by atoms with Crippen LogP contribution in [-0.4, -0.2) is 4.57 Å². The highest BCUT2D eigenvalue weighted by Crippen LogP contribution is 2.40. The molecule has 0 atom stereocenters. The second-order valence-electron chi connectivity index (χ2n) is 11.0. The summed E-state index contributed by atoms with van der Waals surface area (Å²) in [4.78, 5) is 2.46. The number of nitrogens with zero attached hydrogens (tertiary/aromatic N) is 2. The lowest BCUT2D eigenvalue weighted by molar-refractivity contribution is 0.861. The molecule has 0 saturated heterocycles. The summed E-state index contributed by atoms with van der Waals surface area (Å²) in [6, 6.07) is 42.3. The summed E-state index contributed by atoms with van der Waals surface area (Å²) >= 11 is 1.89. The molecule has 7 aromatic rings. The fourth-order valence-electron chi connectivity index (χ4n) is 6.41. The average molecular weight is 547 g/mol. The lowest BCUT2D eigenvalue weighted by Gasteiger charge is -2.29. The van der Waals surface area contributed by atoms with Crippen LogP contribution in [0.4, 0.5) is 5.69 Å². The quantitative estimate of drug-likeness (QED) is 0.208. The van der Waals surface area contributed by atoms with Crippen molar-refractivity contribution in [3.05, 3.63) is 144 Å². The van der Waals surface area contributed by atoms with Gasteiger partial charge in [0.15, 0.2) is 0 Å². The lowest BCUT2D eigenvalue weighted by atomic mass is 10.0. The topological polar surface area (TPSA) is 8.17 Å². The van der Waals surface area contributed by atoms with Gasteiger partial charge in [0.25, 0.3) is 0 Å². The Labute approximate surface area is 244 Å². The minimum atomic E-state index is 0.829. The number of allylic oxidation sites excluding steroid dienone is 3. The Balaban J connectivity index is 1.24. The van der Waals surface area contributed by atoms with E-state index < -0.39 is 0 Å². The number of para-hydroxylation sites is 2. The number of benzene rings is 5. The Morgan fingerprint density at radius 3 is 2.27 bits per heavy atom. The van der Waals surface area contributed by atoms with Gasteiger partial charge in [-0.25, -0.2) is 0 Å². The number of fused-ring (bicyclic) bond motifs is 6. The monoisotopic (exact) mass is 546 g/mol. The summed E-state index contributed by atoms with van der Waals surface area (Å²) in [5, 5.41) is 5.28. The van der Waals surface area contributed by atoms with Gasteiger partial charge in [0.05, 0.1) is 11.0 Å². The van der Waals surface area contributed by atoms with Gasteiger partial charge in [-0.05, 0) is 85.5 Å². The number of hydrogen-bond acceptors (Lipinski definition) is 2. The Morgan fingerprint density at radius 1 is 0.683 bits per heavy atom. The normalized spacial score (nSPS) is 13.7. The van der Waals surface area contributed by atoms with E-state index in [1.54, 1.807) is 0 Å². The van der Waals surface area contributed by atoms with Crippen LogP contribution in [-0.2, 0) is 6.54 Å². The largest absolute Gasteiger partial charge is 0.337 e. The molecule has 0 amide bonds. The van der Waals surface area contributed by atoms with Crippen molar-refractivity contribution in [3.63, 3.8) is 0 Å². The van der Waals surface area contributed by atoms with Crippen molar-refractivity contribution in [1.29, 1.82) is 0 Å². The number of anilines is 1. The van der Waals surface area contributed by atoms with E-state index in [4.69, 9.17) is 0 Å². The highest BCUT2D eigenvalue weighted by Gasteiger charge is 2.17. The second kappa shape index (κ2) is 9.79. The second-order valence-corrected chi connectivity index (χ2v) is 12.1. The maximum atomic E-state index is 2.46. The van der Waals surface area contributed by atoms with Crippen LogP contribution in [0.1, 0.15) is 25.3 Å². The van der Waals surface area contributed by atoms with E-state index in [0.717, 1.165) is 19.4 Å². The molecule has 1 aliphatic rings. The zero-order valence-electron chi connectivity index (χ0n) is 23.0. The maximum Gasteiger partial charge on any atom is 0.0548 e. The smallest absolute Gasteiger partial charge is 0.0548 e. The molecule has 1 aliphatic carbocycles. The van der Waals surface area contributed by atoms with Crippen molar-refractivity contribution in [2.45, 2.75) is 26.3 Å². The predicted molar refractivity (Wildman–Crippen MR) is 177 cm³/mol. The van der Waals surface area contributed by atoms with Gasteiger partial charge in [0.1, 0.15) is 0 Å². The van der Waals surface area contributed by atoms with E-state index in [9.17, 15) is 0 Å². The fraction of sp³-hybridized carbons (Fsp3) is 0.105. The third-order valence-electron chi connectivity index (χ3n) is 8.46. The van der Waals surface area contributed by atoms with Crippen molar-refractivity contribution < 1.29 is 0 Å². The van der Waals surface area contributed by atoms with Crippen LogP contribution in [0.5, 0.6) is 0 Å². The molecule has 2 heterocycles. The molecule has 2 aromatic heterocycles. The van der Waals surface area contributed by atoms with Gasteiger partial charge in [0, 0.05) is 54.6 Å². The summed E-state index contributed by atoms with van der Waals surface area (Å²) in [6.45, 7) is 3.10. The van der Waals surface area contributed by atoms with Gasteiger partial charge >= 0.3 is 0 Å². The molecule has 3 heteroatoms. The SMILES string of the molecule is CC1=C(N(Cc2ccc(-n3c4ccccc4c4cc5sc6ccccc6c5cc43)cc2)c2ccccc2)C=CCC1. The highest BCUT2D eigenvalue weighted by atomic mass is 32.1. The molecule has 2 nitrogen and oxygen atoms in total. The summed E-state index contributed by atoms with van der Waals surface area (Å²) < 4.78 is 5.13. The predicted octanol–water partition coefficient (Wildman–Crippen LogP) is 10.8. The first-order valence-electron chi connectivity index (χ1n) is 14.4. The summed E-state index contributed by atoms with van der Waals surface area (Å²) in [7, 11) is 0. The Bertz CT molecular complexity index is 2120. The average Bonchev–Trinajstić information content (AvgIpc) is 3.55. The Morgan fingerprint density at radius 2 is 1.44 bits per heavy atom. The molecule has 0 radical (unpaired) electrons. The van der Waals surface area contributed by atoms with Gasteiger partial charge in [0.2, 0.25) is 0 Å². The molecule has 0 spiro atoms. The highest BCUT2D eigenvalue weighted by molar-refractivity contribution is 7.25. The molecule has 0 fully saturated rings. The minimum absolute atomic E-state index is 0.829. The number of hydrogen-bond donors (Lipinski definition) is 0. The Kier molecular flexibility index (Phi) is 5.79. The van der Waals surface area contributed by atoms with Gasteiger partial charge in [-0.1, -0.05) is 72.8 Å². The number of thiophene rings is 1. The molecule has 0 N–H and O–H groups in total. The fourth-order valence-corrected chi connectivity index (χ4v) is 7.53. The van der Waals surface area contributed by atoms with E-state index in [1.807, 2.05) is 11.3 Å². The van der Waals surface area contributed by atoms with Crippen molar-refractivity contribution in [1.82, 2.24) is 4.57 Å². The third-order valence-corrected chi connectivity index (χ3v) is 9.60. The number of aromatic nitrogens is 1. The standard InChI is InChI=1S/C38H30N2S/c1-26-11-5-8-16-34(26)39(28-12-3-2-4-13-28)25-27-19-21-29(22-20-27)40-35-17-9-6-14-30(35)32-24-38-33(23-36(32)40)31-15-7-10-18-37(31)41-38/h2-4,6-10,12-24H,5,11,25H2,1H3. The van der Waals surface area contributed by atoms with Gasteiger partial charge in [-0.3, -0.25) is 0 Å². The molecule has 0 aliphatic heterocycles. The first kappa shape index (κ1) is 24.2. The van der Waals surface area contributed by atoms with Gasteiger partial charge < -0.3 is 9.47 Å².